The molecule has 0 amide bonds. The zero-order valence-electron chi connectivity index (χ0n) is 20.3. The molecule has 2 aromatic rings. The summed E-state index contributed by atoms with van der Waals surface area (Å²) < 4.78 is 28.6. The molecule has 0 N–H and O–H groups in total. The quantitative estimate of drug-likeness (QED) is 0.228. The Morgan fingerprint density at radius 2 is 1.03 bits per heavy atom. The molecular weight excluding hydrogens is 398 g/mol. The maximum atomic E-state index is 14.4. The van der Waals surface area contributed by atoms with Crippen LogP contribution in [0.3, 0.4) is 0 Å². The van der Waals surface area contributed by atoms with Gasteiger partial charge in [-0.2, -0.15) is 0 Å². The van der Waals surface area contributed by atoms with Gasteiger partial charge >= 0.3 is 0 Å². The monoisotopic (exact) mass is 440 g/mol. The molecule has 0 fully saturated rings. The first kappa shape index (κ1) is 26.3. The van der Waals surface area contributed by atoms with Crippen LogP contribution in [0.2, 0.25) is 0 Å². The first-order valence-electron chi connectivity index (χ1n) is 12.9. The van der Waals surface area contributed by atoms with E-state index in [1.807, 2.05) is 12.1 Å². The van der Waals surface area contributed by atoms with Crippen LogP contribution in [-0.2, 0) is 6.42 Å². The molecule has 0 saturated carbocycles. The molecule has 2 aromatic carbocycles. The fraction of sp³-hybridized carbons (Fsp3) is 0.533. The molecule has 0 unspecified atom stereocenters. The molecular formula is C30H42F2. The van der Waals surface area contributed by atoms with Gasteiger partial charge < -0.3 is 0 Å². The highest BCUT2D eigenvalue weighted by Crippen LogP contribution is 2.28. The standard InChI is InChI=1S/C30H42F2/c1-3-5-7-9-10-12-13-15-25-17-19-26(20-18-25)27-21-23-28(24-22-27)30(32)29(31)16-14-11-8-6-4-2/h17-24H,3-16H2,1-2H3/b30-29+. The van der Waals surface area contributed by atoms with Crippen molar-refractivity contribution in [3.63, 3.8) is 0 Å². The van der Waals surface area contributed by atoms with E-state index >= 15 is 0 Å². The highest BCUT2D eigenvalue weighted by Gasteiger charge is 2.09. The highest BCUT2D eigenvalue weighted by molar-refractivity contribution is 5.68. The molecule has 2 heteroatoms. The summed E-state index contributed by atoms with van der Waals surface area (Å²) in [4.78, 5) is 0. The van der Waals surface area contributed by atoms with Crippen LogP contribution in [0.1, 0.15) is 108 Å². The number of hydrogen-bond donors (Lipinski definition) is 0. The Kier molecular flexibility index (Phi) is 13.0. The molecule has 0 aromatic heterocycles. The van der Waals surface area contributed by atoms with Crippen molar-refractivity contribution in [2.45, 2.75) is 104 Å². The molecule has 0 heterocycles. The van der Waals surface area contributed by atoms with Gasteiger partial charge in [0.2, 0.25) is 0 Å². The van der Waals surface area contributed by atoms with Crippen LogP contribution in [0.5, 0.6) is 0 Å². The SMILES string of the molecule is CCCCCCCCCc1ccc(-c2ccc(/C(F)=C(\F)CCCCCCC)cc2)cc1. The Hall–Kier alpha value is -1.96. The fourth-order valence-electron chi connectivity index (χ4n) is 4.11. The number of hydrogen-bond acceptors (Lipinski definition) is 0. The Morgan fingerprint density at radius 3 is 1.59 bits per heavy atom. The van der Waals surface area contributed by atoms with Crippen molar-refractivity contribution >= 4 is 5.83 Å². The predicted octanol–water partition coefficient (Wildman–Crippen LogP) is 10.6. The minimum atomic E-state index is -0.711. The average Bonchev–Trinajstić information content (AvgIpc) is 2.83. The second-order valence-corrected chi connectivity index (χ2v) is 9.03. The van der Waals surface area contributed by atoms with E-state index in [1.54, 1.807) is 12.1 Å². The summed E-state index contributed by atoms with van der Waals surface area (Å²) >= 11 is 0. The Bertz CT molecular complexity index is 771. The van der Waals surface area contributed by atoms with Crippen molar-refractivity contribution in [2.75, 3.05) is 0 Å². The van der Waals surface area contributed by atoms with Gasteiger partial charge in [0.15, 0.2) is 5.83 Å². The number of unbranched alkanes of at least 4 members (excludes halogenated alkanes) is 10. The van der Waals surface area contributed by atoms with Crippen molar-refractivity contribution in [1.82, 2.24) is 0 Å². The van der Waals surface area contributed by atoms with Crippen LogP contribution in [0, 0.1) is 0 Å². The maximum Gasteiger partial charge on any atom is 0.161 e. The molecule has 0 saturated heterocycles. The lowest BCUT2D eigenvalue weighted by molar-refractivity contribution is 0.531. The number of benzene rings is 2. The van der Waals surface area contributed by atoms with Crippen LogP contribution in [-0.4, -0.2) is 0 Å². The number of aryl methyl sites for hydroxylation is 1. The van der Waals surface area contributed by atoms with Crippen molar-refractivity contribution in [3.05, 3.63) is 65.5 Å². The average molecular weight is 441 g/mol. The van der Waals surface area contributed by atoms with Gasteiger partial charge in [0, 0.05) is 12.0 Å². The number of rotatable bonds is 16. The van der Waals surface area contributed by atoms with Gasteiger partial charge in [-0.1, -0.05) is 127 Å². The molecule has 0 aliphatic carbocycles. The molecule has 0 aliphatic heterocycles. The lowest BCUT2D eigenvalue weighted by Gasteiger charge is -2.07. The molecule has 0 radical (unpaired) electrons. The topological polar surface area (TPSA) is 0 Å². The van der Waals surface area contributed by atoms with Gasteiger partial charge in [0.25, 0.3) is 0 Å². The summed E-state index contributed by atoms with van der Waals surface area (Å²) in [5.74, 6) is -1.33. The third-order valence-electron chi connectivity index (χ3n) is 6.23. The van der Waals surface area contributed by atoms with E-state index in [4.69, 9.17) is 0 Å². The lowest BCUT2D eigenvalue weighted by atomic mass is 9.99. The van der Waals surface area contributed by atoms with E-state index in [0.717, 1.165) is 43.2 Å². The van der Waals surface area contributed by atoms with Gasteiger partial charge in [-0.05, 0) is 36.0 Å². The van der Waals surface area contributed by atoms with E-state index in [0.29, 0.717) is 12.0 Å². The minimum Gasteiger partial charge on any atom is -0.209 e. The van der Waals surface area contributed by atoms with Crippen LogP contribution in [0.15, 0.2) is 54.4 Å². The summed E-state index contributed by atoms with van der Waals surface area (Å²) in [6, 6.07) is 15.8. The first-order chi connectivity index (χ1) is 15.7. The Labute approximate surface area is 195 Å². The zero-order chi connectivity index (χ0) is 23.0. The van der Waals surface area contributed by atoms with Crippen LogP contribution < -0.4 is 0 Å². The second-order valence-electron chi connectivity index (χ2n) is 9.03. The maximum absolute atomic E-state index is 14.4. The Morgan fingerprint density at radius 1 is 0.562 bits per heavy atom. The lowest BCUT2D eigenvalue weighted by Crippen LogP contribution is -1.88. The summed E-state index contributed by atoms with van der Waals surface area (Å²) in [5.41, 5.74) is 3.84. The molecule has 0 nitrogen and oxygen atoms in total. The third-order valence-corrected chi connectivity index (χ3v) is 6.23. The van der Waals surface area contributed by atoms with Crippen molar-refractivity contribution in [1.29, 1.82) is 0 Å². The molecule has 0 bridgehead atoms. The van der Waals surface area contributed by atoms with E-state index in [2.05, 4.69) is 38.1 Å². The van der Waals surface area contributed by atoms with Gasteiger partial charge in [0.1, 0.15) is 5.83 Å². The third kappa shape index (κ3) is 9.67. The van der Waals surface area contributed by atoms with E-state index in [1.165, 1.54) is 50.5 Å². The second kappa shape index (κ2) is 15.8. The molecule has 2 rings (SSSR count). The molecule has 0 aliphatic rings. The summed E-state index contributed by atoms with van der Waals surface area (Å²) in [6.45, 7) is 4.40. The molecule has 0 atom stereocenters. The fourth-order valence-corrected chi connectivity index (χ4v) is 4.11. The van der Waals surface area contributed by atoms with Crippen LogP contribution in [0.4, 0.5) is 8.78 Å². The summed E-state index contributed by atoms with van der Waals surface area (Å²) in [5, 5.41) is 0. The van der Waals surface area contributed by atoms with Gasteiger partial charge in [-0.15, -0.1) is 0 Å². The van der Waals surface area contributed by atoms with Crippen LogP contribution in [0.25, 0.3) is 17.0 Å². The van der Waals surface area contributed by atoms with Gasteiger partial charge in [-0.25, -0.2) is 8.78 Å². The number of halogens is 2. The molecule has 0 spiro atoms. The van der Waals surface area contributed by atoms with Gasteiger partial charge in [-0.3, -0.25) is 0 Å². The normalized spacial score (nSPS) is 12.1. The number of allylic oxidation sites excluding steroid dienone is 1. The van der Waals surface area contributed by atoms with E-state index < -0.39 is 11.7 Å². The smallest absolute Gasteiger partial charge is 0.161 e. The predicted molar refractivity (Wildman–Crippen MR) is 136 cm³/mol. The minimum absolute atomic E-state index is 0.192. The molecule has 32 heavy (non-hydrogen) atoms. The highest BCUT2D eigenvalue weighted by atomic mass is 19.2. The van der Waals surface area contributed by atoms with Crippen molar-refractivity contribution in [2.24, 2.45) is 0 Å². The van der Waals surface area contributed by atoms with Crippen molar-refractivity contribution in [3.8, 4) is 11.1 Å². The Balaban J connectivity index is 1.82. The van der Waals surface area contributed by atoms with E-state index in [9.17, 15) is 8.78 Å². The molecule has 176 valence electrons. The largest absolute Gasteiger partial charge is 0.209 e. The summed E-state index contributed by atoms with van der Waals surface area (Å²) in [7, 11) is 0. The zero-order valence-corrected chi connectivity index (χ0v) is 20.3. The van der Waals surface area contributed by atoms with Gasteiger partial charge in [0.05, 0.1) is 0 Å². The summed E-state index contributed by atoms with van der Waals surface area (Å²) in [6.07, 6.45) is 15.7. The van der Waals surface area contributed by atoms with Crippen LogP contribution >= 0.6 is 0 Å². The first-order valence-corrected chi connectivity index (χ1v) is 12.9. The van der Waals surface area contributed by atoms with E-state index in [-0.39, 0.29) is 6.42 Å². The van der Waals surface area contributed by atoms with Crippen molar-refractivity contribution < 1.29 is 8.78 Å².